The summed E-state index contributed by atoms with van der Waals surface area (Å²) in [4.78, 5) is 4.68. The first-order chi connectivity index (χ1) is 11.9. The topological polar surface area (TPSA) is 73.6 Å². The van der Waals surface area contributed by atoms with Gasteiger partial charge in [0.25, 0.3) is 0 Å². The second kappa shape index (κ2) is 5.09. The van der Waals surface area contributed by atoms with Gasteiger partial charge in [-0.15, -0.1) is 10.2 Å². The first-order valence-corrected chi connectivity index (χ1v) is 7.59. The van der Waals surface area contributed by atoms with Crippen molar-refractivity contribution in [1.29, 1.82) is 0 Å². The molecule has 2 aromatic carbocycles. The minimum atomic E-state index is 0.278. The maximum absolute atomic E-state index is 5.42. The van der Waals surface area contributed by atoms with E-state index in [1.54, 1.807) is 6.33 Å². The smallest absolute Gasteiger partial charge is 0.231 e. The van der Waals surface area contributed by atoms with Crippen molar-refractivity contribution in [1.82, 2.24) is 19.6 Å². The van der Waals surface area contributed by atoms with Crippen LogP contribution in [-0.2, 0) is 6.54 Å². The molecule has 7 nitrogen and oxygen atoms in total. The van der Waals surface area contributed by atoms with Crippen LogP contribution in [0.5, 0.6) is 11.5 Å². The molecular weight excluding hydrogens is 306 g/mol. The molecule has 0 bridgehead atoms. The van der Waals surface area contributed by atoms with Crippen LogP contribution in [-0.4, -0.2) is 26.4 Å². The Morgan fingerprint density at radius 1 is 1.08 bits per heavy atom. The summed E-state index contributed by atoms with van der Waals surface area (Å²) in [5, 5.41) is 12.5. The van der Waals surface area contributed by atoms with Crippen LogP contribution >= 0.6 is 0 Å². The minimum Gasteiger partial charge on any atom is -0.454 e. The third-order valence-electron chi connectivity index (χ3n) is 4.03. The van der Waals surface area contributed by atoms with E-state index >= 15 is 0 Å². The van der Waals surface area contributed by atoms with Crippen LogP contribution in [0.2, 0.25) is 0 Å². The molecule has 0 saturated carbocycles. The van der Waals surface area contributed by atoms with Crippen LogP contribution in [0.15, 0.2) is 48.8 Å². The highest BCUT2D eigenvalue weighted by Crippen LogP contribution is 2.32. The highest BCUT2D eigenvalue weighted by atomic mass is 16.7. The summed E-state index contributed by atoms with van der Waals surface area (Å²) in [6.45, 7) is 0.884. The third kappa shape index (κ3) is 2.02. The van der Waals surface area contributed by atoms with Gasteiger partial charge in [0, 0.05) is 11.9 Å². The van der Waals surface area contributed by atoms with Gasteiger partial charge in [-0.2, -0.15) is 0 Å². The molecule has 24 heavy (non-hydrogen) atoms. The Balaban J connectivity index is 1.51. The largest absolute Gasteiger partial charge is 0.454 e. The molecule has 7 heteroatoms. The van der Waals surface area contributed by atoms with Gasteiger partial charge in [0.1, 0.15) is 6.33 Å². The monoisotopic (exact) mass is 319 g/mol. The van der Waals surface area contributed by atoms with Crippen molar-refractivity contribution in [2.45, 2.75) is 6.54 Å². The van der Waals surface area contributed by atoms with Crippen LogP contribution in [0, 0.1) is 0 Å². The maximum atomic E-state index is 5.42. The summed E-state index contributed by atoms with van der Waals surface area (Å²) < 4.78 is 12.6. The number of aromatic nitrogens is 4. The predicted octanol–water partition coefficient (Wildman–Crippen LogP) is 2.62. The quantitative estimate of drug-likeness (QED) is 0.626. The number of benzene rings is 2. The SMILES string of the molecule is c1ccc2c(c1)nc(NCc1ccc3c(c1)OCO3)n1cnnc21. The molecule has 4 aromatic rings. The molecule has 0 atom stereocenters. The van der Waals surface area contributed by atoms with Crippen molar-refractivity contribution in [2.75, 3.05) is 12.1 Å². The van der Waals surface area contributed by atoms with Crippen molar-refractivity contribution < 1.29 is 9.47 Å². The molecule has 0 saturated heterocycles. The average molecular weight is 319 g/mol. The molecular formula is C17H13N5O2. The van der Waals surface area contributed by atoms with Gasteiger partial charge in [-0.25, -0.2) is 4.98 Å². The molecule has 2 aromatic heterocycles. The third-order valence-corrected chi connectivity index (χ3v) is 4.03. The number of nitrogens with one attached hydrogen (secondary N) is 1. The number of rotatable bonds is 3. The van der Waals surface area contributed by atoms with E-state index in [2.05, 4.69) is 20.5 Å². The van der Waals surface area contributed by atoms with E-state index in [1.807, 2.05) is 46.9 Å². The summed E-state index contributed by atoms with van der Waals surface area (Å²) in [5.41, 5.74) is 2.75. The minimum absolute atomic E-state index is 0.278. The molecule has 0 aliphatic carbocycles. The number of para-hydroxylation sites is 1. The lowest BCUT2D eigenvalue weighted by Crippen LogP contribution is -2.06. The number of anilines is 1. The van der Waals surface area contributed by atoms with Gasteiger partial charge in [-0.05, 0) is 29.8 Å². The normalized spacial score (nSPS) is 12.8. The Hall–Kier alpha value is -3.35. The fourth-order valence-electron chi connectivity index (χ4n) is 2.86. The predicted molar refractivity (Wildman–Crippen MR) is 88.2 cm³/mol. The molecule has 3 heterocycles. The van der Waals surface area contributed by atoms with E-state index < -0.39 is 0 Å². The lowest BCUT2D eigenvalue weighted by Gasteiger charge is -2.10. The van der Waals surface area contributed by atoms with Crippen molar-refractivity contribution >= 4 is 22.5 Å². The Kier molecular flexibility index (Phi) is 2.78. The first kappa shape index (κ1) is 13.1. The molecule has 1 N–H and O–H groups in total. The van der Waals surface area contributed by atoms with E-state index in [4.69, 9.17) is 9.47 Å². The van der Waals surface area contributed by atoms with Crippen LogP contribution in [0.1, 0.15) is 5.56 Å². The van der Waals surface area contributed by atoms with E-state index in [0.29, 0.717) is 12.5 Å². The van der Waals surface area contributed by atoms with Gasteiger partial charge < -0.3 is 14.8 Å². The van der Waals surface area contributed by atoms with Gasteiger partial charge >= 0.3 is 0 Å². The molecule has 5 rings (SSSR count). The van der Waals surface area contributed by atoms with E-state index in [0.717, 1.165) is 33.6 Å². The lowest BCUT2D eigenvalue weighted by atomic mass is 10.2. The van der Waals surface area contributed by atoms with Crippen LogP contribution in [0.4, 0.5) is 5.95 Å². The fraction of sp³-hybridized carbons (Fsp3) is 0.118. The Labute approximate surface area is 136 Å². The molecule has 0 amide bonds. The number of fused-ring (bicyclic) bond motifs is 4. The van der Waals surface area contributed by atoms with Crippen molar-refractivity contribution in [2.24, 2.45) is 0 Å². The number of hydrogen-bond donors (Lipinski definition) is 1. The van der Waals surface area contributed by atoms with Crippen molar-refractivity contribution in [3.05, 3.63) is 54.4 Å². The summed E-state index contributed by atoms with van der Waals surface area (Å²) in [5.74, 6) is 2.25. The van der Waals surface area contributed by atoms with E-state index in [1.165, 1.54) is 0 Å². The molecule has 1 aliphatic heterocycles. The van der Waals surface area contributed by atoms with E-state index in [-0.39, 0.29) is 6.79 Å². The highest BCUT2D eigenvalue weighted by molar-refractivity contribution is 5.92. The van der Waals surface area contributed by atoms with Crippen LogP contribution in [0.3, 0.4) is 0 Å². The van der Waals surface area contributed by atoms with Gasteiger partial charge in [0.05, 0.1) is 5.52 Å². The average Bonchev–Trinajstić information content (AvgIpc) is 3.28. The van der Waals surface area contributed by atoms with Crippen molar-refractivity contribution in [3.63, 3.8) is 0 Å². The first-order valence-electron chi connectivity index (χ1n) is 7.59. The van der Waals surface area contributed by atoms with Crippen LogP contribution < -0.4 is 14.8 Å². The van der Waals surface area contributed by atoms with Gasteiger partial charge in [-0.1, -0.05) is 18.2 Å². The summed E-state index contributed by atoms with van der Waals surface area (Å²) in [6, 6.07) is 13.8. The highest BCUT2D eigenvalue weighted by Gasteiger charge is 2.14. The molecule has 0 fully saturated rings. The van der Waals surface area contributed by atoms with Crippen LogP contribution in [0.25, 0.3) is 16.6 Å². The summed E-state index contributed by atoms with van der Waals surface area (Å²) in [6.07, 6.45) is 1.66. The lowest BCUT2D eigenvalue weighted by molar-refractivity contribution is 0.174. The van der Waals surface area contributed by atoms with Gasteiger partial charge in [0.15, 0.2) is 17.1 Å². The zero-order valence-corrected chi connectivity index (χ0v) is 12.6. The second-order valence-corrected chi connectivity index (χ2v) is 5.52. The standard InChI is InChI=1S/C17H13N5O2/c1-2-4-13-12(3-1)16-21-19-9-22(16)17(20-13)18-8-11-5-6-14-15(7-11)24-10-23-14/h1-7,9H,8,10H2,(H,18,20). The zero-order valence-electron chi connectivity index (χ0n) is 12.6. The number of ether oxygens (including phenoxy) is 2. The number of nitrogens with zero attached hydrogens (tertiary/aromatic N) is 4. The second-order valence-electron chi connectivity index (χ2n) is 5.52. The van der Waals surface area contributed by atoms with Crippen molar-refractivity contribution in [3.8, 4) is 11.5 Å². The Bertz CT molecular complexity index is 1060. The summed E-state index contributed by atoms with van der Waals surface area (Å²) in [7, 11) is 0. The fourth-order valence-corrected chi connectivity index (χ4v) is 2.86. The van der Waals surface area contributed by atoms with Gasteiger partial charge in [0.2, 0.25) is 12.7 Å². The summed E-state index contributed by atoms with van der Waals surface area (Å²) >= 11 is 0. The zero-order chi connectivity index (χ0) is 15.9. The molecule has 118 valence electrons. The number of hydrogen-bond acceptors (Lipinski definition) is 6. The molecule has 0 spiro atoms. The molecule has 0 unspecified atom stereocenters. The van der Waals surface area contributed by atoms with E-state index in [9.17, 15) is 0 Å². The van der Waals surface area contributed by atoms with Gasteiger partial charge in [-0.3, -0.25) is 4.40 Å². The molecule has 0 radical (unpaired) electrons. The Morgan fingerprint density at radius 2 is 2.00 bits per heavy atom. The Morgan fingerprint density at radius 3 is 3.00 bits per heavy atom. The molecule has 1 aliphatic rings. The maximum Gasteiger partial charge on any atom is 0.231 e.